The summed E-state index contributed by atoms with van der Waals surface area (Å²) in [4.78, 5) is 67.3. The molecular formula is C50H53Cl2F3N6O6. The molecule has 7 rings (SSSR count). The predicted molar refractivity (Wildman–Crippen MR) is 248 cm³/mol. The van der Waals surface area contributed by atoms with Gasteiger partial charge >= 0.3 is 0 Å². The number of carbonyl (C=O) groups excluding carboxylic acids is 4. The molecule has 2 bridgehead atoms. The molecule has 4 atom stereocenters. The van der Waals surface area contributed by atoms with Gasteiger partial charge in [0.1, 0.15) is 34.8 Å². The van der Waals surface area contributed by atoms with Crippen molar-refractivity contribution in [2.75, 3.05) is 33.8 Å². The Morgan fingerprint density at radius 3 is 2.27 bits per heavy atom. The van der Waals surface area contributed by atoms with Crippen molar-refractivity contribution in [3.63, 3.8) is 0 Å². The first-order valence-corrected chi connectivity index (χ1v) is 22.8. The lowest BCUT2D eigenvalue weighted by atomic mass is 9.81. The number of benzene rings is 4. The number of fused-ring (bicyclic) bond motifs is 2. The monoisotopic (exact) mass is 960 g/mol. The molecule has 3 heterocycles. The first-order chi connectivity index (χ1) is 31.9. The summed E-state index contributed by atoms with van der Waals surface area (Å²) in [6.07, 6.45) is 1.18. The SMILES string of the molecule is C[C@H]1C(=O)C[C@@H](CO)C(=O)N[C@@]2(Cc3ccc(Cl)cc3)CCCN(C2)C(=O)[C@H](Cc2c(F)cccc2F)CC(=O)N1Cc1c(F)cc(Cl)cc1Oc1ccc(-c2cnc(CN(C)C)n2C)cc1. The number of carbonyl (C=O) groups is 4. The number of nitrogens with one attached hydrogen (secondary N) is 1. The van der Waals surface area contributed by atoms with Crippen molar-refractivity contribution in [1.29, 1.82) is 0 Å². The zero-order chi connectivity index (χ0) is 48.2. The minimum atomic E-state index is -1.36. The highest BCUT2D eigenvalue weighted by atomic mass is 35.5. The molecule has 0 radical (unpaired) electrons. The molecule has 1 aromatic heterocycles. The molecule has 354 valence electrons. The third-order valence-corrected chi connectivity index (χ3v) is 13.1. The lowest BCUT2D eigenvalue weighted by Crippen LogP contribution is -2.63. The molecule has 0 saturated carbocycles. The van der Waals surface area contributed by atoms with Crippen LogP contribution in [0.5, 0.6) is 11.5 Å². The van der Waals surface area contributed by atoms with Crippen molar-refractivity contribution in [3.05, 3.63) is 135 Å². The molecule has 12 nitrogen and oxygen atoms in total. The van der Waals surface area contributed by atoms with Gasteiger partial charge in [-0.05, 0) is 113 Å². The van der Waals surface area contributed by atoms with Crippen LogP contribution in [0, 0.1) is 29.3 Å². The quantitative estimate of drug-likeness (QED) is 0.129. The van der Waals surface area contributed by atoms with Crippen molar-refractivity contribution in [2.24, 2.45) is 18.9 Å². The van der Waals surface area contributed by atoms with Gasteiger partial charge in [0.25, 0.3) is 0 Å². The van der Waals surface area contributed by atoms with Crippen molar-refractivity contribution in [3.8, 4) is 22.8 Å². The average molecular weight is 962 g/mol. The number of ether oxygens (including phenoxy) is 1. The number of piperidine rings is 1. The van der Waals surface area contributed by atoms with E-state index in [1.807, 2.05) is 42.7 Å². The van der Waals surface area contributed by atoms with E-state index in [-0.39, 0.29) is 35.8 Å². The minimum absolute atomic E-state index is 0.0179. The first-order valence-electron chi connectivity index (χ1n) is 22.1. The van der Waals surface area contributed by atoms with Crippen molar-refractivity contribution >= 4 is 46.7 Å². The number of nitrogens with zero attached hydrogens (tertiary/aromatic N) is 5. The Morgan fingerprint density at radius 2 is 1.60 bits per heavy atom. The summed E-state index contributed by atoms with van der Waals surface area (Å²) in [5.74, 6) is -6.92. The van der Waals surface area contributed by atoms with Gasteiger partial charge in [-0.3, -0.25) is 19.2 Å². The molecule has 2 N–H and O–H groups in total. The van der Waals surface area contributed by atoms with Crippen LogP contribution < -0.4 is 10.1 Å². The van der Waals surface area contributed by atoms with Crippen molar-refractivity contribution < 1.29 is 42.2 Å². The van der Waals surface area contributed by atoms with Gasteiger partial charge in [-0.2, -0.15) is 0 Å². The van der Waals surface area contributed by atoms with Gasteiger partial charge in [-0.1, -0.05) is 41.4 Å². The van der Waals surface area contributed by atoms with E-state index in [0.29, 0.717) is 30.2 Å². The molecule has 3 amide bonds. The Labute approximate surface area is 397 Å². The van der Waals surface area contributed by atoms with Gasteiger partial charge in [0.15, 0.2) is 5.78 Å². The third-order valence-electron chi connectivity index (χ3n) is 12.7. The zero-order valence-corrected chi connectivity index (χ0v) is 39.2. The Morgan fingerprint density at radius 1 is 0.896 bits per heavy atom. The summed E-state index contributed by atoms with van der Waals surface area (Å²) < 4.78 is 55.2. The number of rotatable bonds is 12. The van der Waals surface area contributed by atoms with Crippen molar-refractivity contribution in [2.45, 2.75) is 70.1 Å². The van der Waals surface area contributed by atoms with Crippen LogP contribution in [0.2, 0.25) is 10.0 Å². The molecule has 4 aromatic carbocycles. The molecule has 2 fully saturated rings. The highest BCUT2D eigenvalue weighted by Gasteiger charge is 2.43. The summed E-state index contributed by atoms with van der Waals surface area (Å²) in [5, 5.41) is 14.1. The summed E-state index contributed by atoms with van der Waals surface area (Å²) in [6, 6.07) is 18.3. The molecule has 0 aliphatic carbocycles. The average Bonchev–Trinajstić information content (AvgIpc) is 3.64. The molecule has 5 aromatic rings. The summed E-state index contributed by atoms with van der Waals surface area (Å²) >= 11 is 12.5. The third kappa shape index (κ3) is 11.5. The molecule has 0 unspecified atom stereocenters. The number of amides is 3. The number of imidazole rings is 1. The number of Topliss-reactive ketones (excluding diaryl/α,β-unsaturated/α-hetero) is 1. The van der Waals surface area contributed by atoms with E-state index in [2.05, 4.69) is 10.3 Å². The van der Waals surface area contributed by atoms with Gasteiger partial charge in [-0.25, -0.2) is 18.2 Å². The van der Waals surface area contributed by atoms with Crippen LogP contribution in [0.1, 0.15) is 55.1 Å². The van der Waals surface area contributed by atoms with E-state index in [0.717, 1.165) is 45.7 Å². The zero-order valence-electron chi connectivity index (χ0n) is 37.7. The highest BCUT2D eigenvalue weighted by Crippen LogP contribution is 2.36. The van der Waals surface area contributed by atoms with Gasteiger partial charge in [0.2, 0.25) is 17.7 Å². The summed E-state index contributed by atoms with van der Waals surface area (Å²) in [6.45, 7) is 0.906. The van der Waals surface area contributed by atoms with Crippen LogP contribution in [-0.4, -0.2) is 98.2 Å². The number of hydrogen-bond donors (Lipinski definition) is 2. The van der Waals surface area contributed by atoms with Gasteiger partial charge in [0, 0.05) is 59.7 Å². The maximum absolute atomic E-state index is 16.3. The fourth-order valence-corrected chi connectivity index (χ4v) is 9.32. The molecule has 2 aliphatic rings. The standard InChI is InChI=1S/C50H53Cl2F3N6O6/c1-30-44(63)20-34(28-62)48(65)57-50(24-31-9-13-35(51)14-10-31)17-6-18-60(29-50)49(66)33(19-38-40(53)7-5-8-41(38)54)21-47(64)61(30)26-39-42(55)22-36(52)23-45(39)67-37-15-11-32(12-16-37)43-25-56-46(59(43)4)27-58(2)3/h5,7-16,22-23,25,30,33-34,62H,6,17-21,24,26-29H2,1-4H3,(H,57,65)/t30-,33+,34-,50+/m0/s1. The Hall–Kier alpha value is -5.74. The van der Waals surface area contributed by atoms with Crippen LogP contribution >= 0.6 is 23.2 Å². The number of halogens is 5. The van der Waals surface area contributed by atoms with E-state index in [4.69, 9.17) is 27.9 Å². The molecule has 67 heavy (non-hydrogen) atoms. The molecule has 2 aliphatic heterocycles. The molecule has 2 saturated heterocycles. The van der Waals surface area contributed by atoms with Gasteiger partial charge in [0.05, 0.1) is 55.0 Å². The van der Waals surface area contributed by atoms with Crippen LogP contribution in [0.3, 0.4) is 0 Å². The topological polar surface area (TPSA) is 137 Å². The fourth-order valence-electron chi connectivity index (χ4n) is 9.00. The van der Waals surface area contributed by atoms with Crippen LogP contribution in [0.15, 0.2) is 85.1 Å². The second kappa shape index (κ2) is 21.1. The van der Waals surface area contributed by atoms with E-state index in [1.165, 1.54) is 24.0 Å². The normalized spacial score (nSPS) is 20.9. The molecular weight excluding hydrogens is 908 g/mol. The Balaban J connectivity index is 1.25. The summed E-state index contributed by atoms with van der Waals surface area (Å²) in [7, 11) is 5.81. The van der Waals surface area contributed by atoms with Gasteiger partial charge < -0.3 is 34.4 Å². The predicted octanol–water partition coefficient (Wildman–Crippen LogP) is 7.93. The number of aliphatic hydroxyl groups is 1. The highest BCUT2D eigenvalue weighted by molar-refractivity contribution is 6.31. The molecule has 17 heteroatoms. The van der Waals surface area contributed by atoms with Crippen LogP contribution in [-0.2, 0) is 52.2 Å². The van der Waals surface area contributed by atoms with Crippen molar-refractivity contribution in [1.82, 2.24) is 29.6 Å². The van der Waals surface area contributed by atoms with E-state index < -0.39 is 102 Å². The minimum Gasteiger partial charge on any atom is -0.457 e. The van der Waals surface area contributed by atoms with Crippen LogP contribution in [0.4, 0.5) is 13.2 Å². The second-order valence-electron chi connectivity index (χ2n) is 17.8. The maximum Gasteiger partial charge on any atom is 0.226 e. The number of aromatic nitrogens is 2. The Bertz CT molecular complexity index is 2610. The maximum atomic E-state index is 16.3. The molecule has 0 spiro atoms. The lowest BCUT2D eigenvalue weighted by molar-refractivity contribution is -0.147. The van der Waals surface area contributed by atoms with Crippen LogP contribution in [0.25, 0.3) is 11.3 Å². The lowest BCUT2D eigenvalue weighted by Gasteiger charge is -2.45. The Kier molecular flexibility index (Phi) is 15.5. The first kappa shape index (κ1) is 49.2. The number of aliphatic hydroxyl groups excluding tert-OH is 1. The van der Waals surface area contributed by atoms with E-state index in [1.54, 1.807) is 42.6 Å². The van der Waals surface area contributed by atoms with E-state index >= 15 is 13.2 Å². The second-order valence-corrected chi connectivity index (χ2v) is 18.7. The number of ketones is 1. The van der Waals surface area contributed by atoms with E-state index in [9.17, 15) is 24.3 Å². The largest absolute Gasteiger partial charge is 0.457 e. The van der Waals surface area contributed by atoms with Gasteiger partial charge in [-0.15, -0.1) is 0 Å². The fraction of sp³-hybridized carbons (Fsp3) is 0.380. The summed E-state index contributed by atoms with van der Waals surface area (Å²) in [5.41, 5.74) is 0.812. The number of hydrogen-bond acceptors (Lipinski definition) is 8. The smallest absolute Gasteiger partial charge is 0.226 e.